The van der Waals surface area contributed by atoms with Crippen LogP contribution in [0.2, 0.25) is 0 Å². The molecule has 24 heavy (non-hydrogen) atoms. The maximum atomic E-state index is 12.3. The van der Waals surface area contributed by atoms with Gasteiger partial charge in [0.2, 0.25) is 5.95 Å². The fourth-order valence-electron chi connectivity index (χ4n) is 2.34. The normalized spacial score (nSPS) is 11.0. The largest absolute Gasteiger partial charge is 0.366 e. The van der Waals surface area contributed by atoms with Crippen LogP contribution >= 0.6 is 22.7 Å². The molecule has 4 heterocycles. The number of carbonyl (C=O) groups excluding carboxylic acids is 1. The van der Waals surface area contributed by atoms with E-state index < -0.39 is 0 Å². The number of nitrogens with zero attached hydrogens (tertiary/aromatic N) is 3. The van der Waals surface area contributed by atoms with E-state index in [1.807, 2.05) is 46.6 Å². The second-order valence-corrected chi connectivity index (χ2v) is 6.90. The molecule has 0 saturated heterocycles. The van der Waals surface area contributed by atoms with Gasteiger partial charge >= 0.3 is 0 Å². The van der Waals surface area contributed by atoms with Crippen molar-refractivity contribution in [2.24, 2.45) is 0 Å². The number of hydrogen-bond acceptors (Lipinski definition) is 6. The molecule has 0 aliphatic rings. The number of aromatic nitrogens is 3. The van der Waals surface area contributed by atoms with E-state index in [9.17, 15) is 4.79 Å². The van der Waals surface area contributed by atoms with E-state index in [1.54, 1.807) is 15.9 Å². The van der Waals surface area contributed by atoms with Gasteiger partial charge in [-0.05, 0) is 51.5 Å². The van der Waals surface area contributed by atoms with E-state index in [1.165, 1.54) is 11.3 Å². The van der Waals surface area contributed by atoms with E-state index >= 15 is 0 Å². The summed E-state index contributed by atoms with van der Waals surface area (Å²) in [5, 5.41) is 13.0. The van der Waals surface area contributed by atoms with Crippen molar-refractivity contribution < 1.29 is 4.79 Å². The third kappa shape index (κ3) is 2.89. The molecule has 1 amide bonds. The zero-order valence-electron chi connectivity index (χ0n) is 12.5. The first-order valence-electron chi connectivity index (χ1n) is 7.19. The predicted molar refractivity (Wildman–Crippen MR) is 96.2 cm³/mol. The van der Waals surface area contributed by atoms with Crippen LogP contribution in [0.4, 0.5) is 5.95 Å². The molecule has 0 aliphatic heterocycles. The average molecular weight is 355 g/mol. The summed E-state index contributed by atoms with van der Waals surface area (Å²) in [5.41, 5.74) is 9.34. The average Bonchev–Trinajstić information content (AvgIpc) is 3.31. The molecule has 4 aromatic rings. The van der Waals surface area contributed by atoms with Crippen LogP contribution in [0, 0.1) is 0 Å². The summed E-state index contributed by atoms with van der Waals surface area (Å²) < 4.78 is 1.64. The quantitative estimate of drug-likeness (QED) is 0.589. The molecule has 0 saturated carbocycles. The van der Waals surface area contributed by atoms with E-state index in [0.29, 0.717) is 17.1 Å². The van der Waals surface area contributed by atoms with Crippen LogP contribution in [0.3, 0.4) is 0 Å². The lowest BCUT2D eigenvalue weighted by Gasteiger charge is -2.01. The summed E-state index contributed by atoms with van der Waals surface area (Å²) in [6, 6.07) is 7.68. The number of rotatable bonds is 4. The molecule has 4 rings (SSSR count). The first kappa shape index (κ1) is 14.9. The van der Waals surface area contributed by atoms with Crippen LogP contribution in [-0.4, -0.2) is 20.5 Å². The highest BCUT2D eigenvalue weighted by atomic mass is 32.1. The Morgan fingerprint density at radius 2 is 2.17 bits per heavy atom. The first-order chi connectivity index (χ1) is 11.7. The van der Waals surface area contributed by atoms with Gasteiger partial charge in [-0.3, -0.25) is 4.79 Å². The van der Waals surface area contributed by atoms with Gasteiger partial charge in [-0.2, -0.15) is 16.3 Å². The van der Waals surface area contributed by atoms with Gasteiger partial charge in [-0.25, -0.2) is 4.52 Å². The van der Waals surface area contributed by atoms with Crippen LogP contribution in [-0.2, 0) is 6.54 Å². The van der Waals surface area contributed by atoms with Crippen molar-refractivity contribution in [3.63, 3.8) is 0 Å². The molecule has 0 radical (unpaired) electrons. The zero-order valence-corrected chi connectivity index (χ0v) is 14.1. The number of anilines is 1. The summed E-state index contributed by atoms with van der Waals surface area (Å²) in [7, 11) is 0. The minimum absolute atomic E-state index is 0.0662. The van der Waals surface area contributed by atoms with Crippen LogP contribution in [0.15, 0.2) is 46.6 Å². The maximum Gasteiger partial charge on any atom is 0.261 e. The van der Waals surface area contributed by atoms with Crippen LogP contribution < -0.4 is 11.1 Å². The number of thiophene rings is 2. The number of pyridine rings is 1. The third-order valence-electron chi connectivity index (χ3n) is 3.54. The number of hydrogen-bond donors (Lipinski definition) is 2. The fourth-order valence-corrected chi connectivity index (χ4v) is 3.84. The van der Waals surface area contributed by atoms with Crippen molar-refractivity contribution >= 4 is 40.2 Å². The van der Waals surface area contributed by atoms with Crippen LogP contribution in [0.1, 0.15) is 15.2 Å². The van der Waals surface area contributed by atoms with E-state index in [0.717, 1.165) is 16.7 Å². The van der Waals surface area contributed by atoms with Crippen molar-refractivity contribution in [3.05, 3.63) is 57.0 Å². The van der Waals surface area contributed by atoms with Crippen molar-refractivity contribution in [2.75, 3.05) is 5.73 Å². The smallest absolute Gasteiger partial charge is 0.261 e. The van der Waals surface area contributed by atoms with Gasteiger partial charge in [0, 0.05) is 18.3 Å². The fraction of sp³-hybridized carbons (Fsp3) is 0.0625. The topological polar surface area (TPSA) is 85.3 Å². The Hall–Kier alpha value is -2.71. The van der Waals surface area contributed by atoms with Crippen LogP contribution in [0.25, 0.3) is 16.8 Å². The minimum atomic E-state index is -0.0662. The van der Waals surface area contributed by atoms with Gasteiger partial charge in [0.1, 0.15) is 0 Å². The minimum Gasteiger partial charge on any atom is -0.366 e. The van der Waals surface area contributed by atoms with Gasteiger partial charge < -0.3 is 11.1 Å². The van der Waals surface area contributed by atoms with Crippen molar-refractivity contribution in [2.45, 2.75) is 6.54 Å². The van der Waals surface area contributed by atoms with Crippen molar-refractivity contribution in [1.29, 1.82) is 0 Å². The Kier molecular flexibility index (Phi) is 3.75. The van der Waals surface area contributed by atoms with Gasteiger partial charge in [-0.15, -0.1) is 16.4 Å². The summed E-state index contributed by atoms with van der Waals surface area (Å²) in [6.07, 6.45) is 1.85. The Morgan fingerprint density at radius 1 is 1.25 bits per heavy atom. The second-order valence-electron chi connectivity index (χ2n) is 5.20. The molecular weight excluding hydrogens is 342 g/mol. The standard InChI is InChI=1S/C16H13N5OS2/c17-16-19-14-2-1-11(7-21(14)20-16)12-5-13(24-9-12)15(22)18-6-10-3-4-23-8-10/h1-5,7-9H,6H2,(H2,17,20)(H,18,22). The lowest BCUT2D eigenvalue weighted by atomic mass is 10.1. The highest BCUT2D eigenvalue weighted by Crippen LogP contribution is 2.26. The molecule has 0 spiro atoms. The Bertz CT molecular complexity index is 1000. The van der Waals surface area contributed by atoms with Gasteiger partial charge in [0.25, 0.3) is 5.91 Å². The number of nitrogens with one attached hydrogen (secondary N) is 1. The zero-order chi connectivity index (χ0) is 16.5. The van der Waals surface area contributed by atoms with Crippen molar-refractivity contribution in [3.8, 4) is 11.1 Å². The molecule has 0 bridgehead atoms. The summed E-state index contributed by atoms with van der Waals surface area (Å²) in [5.74, 6) is 0.175. The molecule has 8 heteroatoms. The summed E-state index contributed by atoms with van der Waals surface area (Å²) >= 11 is 3.04. The number of fused-ring (bicyclic) bond motifs is 1. The van der Waals surface area contributed by atoms with E-state index in [2.05, 4.69) is 15.4 Å². The van der Waals surface area contributed by atoms with Gasteiger partial charge in [0.15, 0.2) is 5.65 Å². The number of amides is 1. The Morgan fingerprint density at radius 3 is 3.00 bits per heavy atom. The van der Waals surface area contributed by atoms with Crippen LogP contribution in [0.5, 0.6) is 0 Å². The highest BCUT2D eigenvalue weighted by molar-refractivity contribution is 7.12. The Labute approximate surface area is 145 Å². The highest BCUT2D eigenvalue weighted by Gasteiger charge is 2.11. The molecular formula is C16H13N5OS2. The first-order valence-corrected chi connectivity index (χ1v) is 9.01. The molecule has 0 unspecified atom stereocenters. The molecule has 4 aromatic heterocycles. The second kappa shape index (κ2) is 6.06. The summed E-state index contributed by atoms with van der Waals surface area (Å²) in [4.78, 5) is 17.0. The monoisotopic (exact) mass is 355 g/mol. The number of carbonyl (C=O) groups is 1. The molecule has 120 valence electrons. The number of nitrogen functional groups attached to an aromatic ring is 1. The summed E-state index contributed by atoms with van der Waals surface area (Å²) in [6.45, 7) is 0.541. The van der Waals surface area contributed by atoms with E-state index in [-0.39, 0.29) is 11.9 Å². The van der Waals surface area contributed by atoms with Gasteiger partial charge in [-0.1, -0.05) is 0 Å². The molecule has 0 aromatic carbocycles. The molecule has 0 aliphatic carbocycles. The predicted octanol–water partition coefficient (Wildman–Crippen LogP) is 3.03. The van der Waals surface area contributed by atoms with E-state index in [4.69, 9.17) is 5.73 Å². The maximum absolute atomic E-state index is 12.3. The van der Waals surface area contributed by atoms with Gasteiger partial charge in [0.05, 0.1) is 4.88 Å². The number of nitrogens with two attached hydrogens (primary N) is 1. The molecule has 3 N–H and O–H groups in total. The lowest BCUT2D eigenvalue weighted by molar-refractivity contribution is 0.0955. The lowest BCUT2D eigenvalue weighted by Crippen LogP contribution is -2.21. The molecule has 6 nitrogen and oxygen atoms in total. The molecule has 0 atom stereocenters. The third-order valence-corrected chi connectivity index (χ3v) is 5.20. The molecule has 0 fully saturated rings. The Balaban J connectivity index is 1.53. The van der Waals surface area contributed by atoms with Crippen molar-refractivity contribution in [1.82, 2.24) is 19.9 Å². The SMILES string of the molecule is Nc1nc2ccc(-c3csc(C(=O)NCc4ccsc4)c3)cn2n1.